The number of aromatic nitrogens is 1. The third-order valence-electron chi connectivity index (χ3n) is 3.34. The average Bonchev–Trinajstić information content (AvgIpc) is 2.74. The summed E-state index contributed by atoms with van der Waals surface area (Å²) >= 11 is 0. The van der Waals surface area contributed by atoms with Gasteiger partial charge in [-0.25, -0.2) is 0 Å². The van der Waals surface area contributed by atoms with E-state index >= 15 is 0 Å². The van der Waals surface area contributed by atoms with Gasteiger partial charge in [-0.3, -0.25) is 0 Å². The molecule has 0 aliphatic rings. The zero-order valence-corrected chi connectivity index (χ0v) is 12.5. The van der Waals surface area contributed by atoms with E-state index in [0.717, 1.165) is 29.9 Å². The second-order valence-corrected chi connectivity index (χ2v) is 4.77. The van der Waals surface area contributed by atoms with Crippen molar-refractivity contribution in [2.75, 3.05) is 19.8 Å². The van der Waals surface area contributed by atoms with Crippen molar-refractivity contribution in [3.05, 3.63) is 23.9 Å². The number of aliphatic hydroxyl groups is 1. The summed E-state index contributed by atoms with van der Waals surface area (Å²) in [6.45, 7) is 5.39. The van der Waals surface area contributed by atoms with Gasteiger partial charge < -0.3 is 19.1 Å². The highest BCUT2D eigenvalue weighted by Crippen LogP contribution is 2.35. The van der Waals surface area contributed by atoms with Crippen molar-refractivity contribution in [1.82, 2.24) is 4.57 Å². The first-order chi connectivity index (χ1) is 9.71. The van der Waals surface area contributed by atoms with Crippen LogP contribution in [0.5, 0.6) is 11.5 Å². The molecule has 0 radical (unpaired) electrons. The topological polar surface area (TPSA) is 43.6 Å². The summed E-state index contributed by atoms with van der Waals surface area (Å²) in [6, 6.07) is 4.09. The fourth-order valence-electron chi connectivity index (χ4n) is 2.48. The molecule has 0 unspecified atom stereocenters. The molecule has 0 atom stereocenters. The highest BCUT2D eigenvalue weighted by Gasteiger charge is 2.13. The number of ether oxygens (including phenoxy) is 2. The molecule has 1 N–H and O–H groups in total. The predicted octanol–water partition coefficient (Wildman–Crippen LogP) is 2.90. The number of aliphatic hydroxyl groups excluding tert-OH is 1. The number of benzene rings is 1. The Morgan fingerprint density at radius 1 is 1.10 bits per heavy atom. The lowest BCUT2D eigenvalue weighted by Crippen LogP contribution is -1.99. The predicted molar refractivity (Wildman–Crippen MR) is 80.7 cm³/mol. The first kappa shape index (κ1) is 14.7. The summed E-state index contributed by atoms with van der Waals surface area (Å²) in [5.41, 5.74) is 2.37. The van der Waals surface area contributed by atoms with Crippen molar-refractivity contribution in [3.63, 3.8) is 0 Å². The maximum atomic E-state index is 9.01. The van der Waals surface area contributed by atoms with E-state index < -0.39 is 0 Å². The van der Waals surface area contributed by atoms with Crippen molar-refractivity contribution in [2.45, 2.75) is 26.7 Å². The third kappa shape index (κ3) is 2.90. The van der Waals surface area contributed by atoms with E-state index in [2.05, 4.69) is 16.8 Å². The van der Waals surface area contributed by atoms with Gasteiger partial charge in [-0.15, -0.1) is 0 Å². The minimum Gasteiger partial charge on any atom is -0.490 e. The zero-order valence-electron chi connectivity index (χ0n) is 12.5. The van der Waals surface area contributed by atoms with E-state index in [4.69, 9.17) is 14.6 Å². The van der Waals surface area contributed by atoms with E-state index in [1.165, 1.54) is 10.9 Å². The van der Waals surface area contributed by atoms with Gasteiger partial charge in [0.1, 0.15) is 0 Å². The smallest absolute Gasteiger partial charge is 0.163 e. The molecule has 0 spiro atoms. The number of nitrogens with zero attached hydrogens (tertiary/aromatic N) is 1. The summed E-state index contributed by atoms with van der Waals surface area (Å²) in [5.74, 6) is 1.58. The Balaban J connectivity index is 2.50. The second kappa shape index (κ2) is 6.66. The molecule has 0 amide bonds. The Kier molecular flexibility index (Phi) is 4.90. The summed E-state index contributed by atoms with van der Waals surface area (Å²) in [7, 11) is 2.03. The van der Waals surface area contributed by atoms with Crippen LogP contribution in [-0.2, 0) is 13.5 Å². The molecular formula is C16H23NO3. The van der Waals surface area contributed by atoms with Gasteiger partial charge in [0.2, 0.25) is 0 Å². The Bertz CT molecular complexity index is 575. The maximum absolute atomic E-state index is 9.01. The fourth-order valence-corrected chi connectivity index (χ4v) is 2.48. The van der Waals surface area contributed by atoms with Gasteiger partial charge in [0, 0.05) is 31.3 Å². The van der Waals surface area contributed by atoms with Gasteiger partial charge >= 0.3 is 0 Å². The molecule has 2 rings (SSSR count). The molecule has 1 aromatic carbocycles. The Hall–Kier alpha value is -1.68. The minimum atomic E-state index is 0.214. The van der Waals surface area contributed by atoms with Crippen LogP contribution in [0, 0.1) is 0 Å². The third-order valence-corrected chi connectivity index (χ3v) is 3.34. The molecule has 4 nitrogen and oxygen atoms in total. The van der Waals surface area contributed by atoms with Crippen LogP contribution in [0.3, 0.4) is 0 Å². The molecule has 0 saturated carbocycles. The lowest BCUT2D eigenvalue weighted by atomic mass is 10.1. The fraction of sp³-hybridized carbons (Fsp3) is 0.500. The van der Waals surface area contributed by atoms with Crippen LogP contribution in [0.1, 0.15) is 25.8 Å². The zero-order chi connectivity index (χ0) is 14.5. The molecule has 0 bridgehead atoms. The average molecular weight is 277 g/mol. The second-order valence-electron chi connectivity index (χ2n) is 4.77. The van der Waals surface area contributed by atoms with Crippen molar-refractivity contribution < 1.29 is 14.6 Å². The van der Waals surface area contributed by atoms with Gasteiger partial charge in [0.15, 0.2) is 11.5 Å². The van der Waals surface area contributed by atoms with Crippen molar-refractivity contribution in [2.24, 2.45) is 7.05 Å². The minimum absolute atomic E-state index is 0.214. The standard InChI is InChI=1S/C16H23NO3/c1-4-19-15-9-13-12(7-6-8-18)11-17(3)14(13)10-16(15)20-5-2/h9-11,18H,4-8H2,1-3H3. The summed E-state index contributed by atoms with van der Waals surface area (Å²) in [5, 5.41) is 10.2. The van der Waals surface area contributed by atoms with Crippen LogP contribution in [0.2, 0.25) is 0 Å². The van der Waals surface area contributed by atoms with Crippen LogP contribution >= 0.6 is 0 Å². The SMILES string of the molecule is CCOc1cc2c(CCCO)cn(C)c2cc1OCC. The quantitative estimate of drug-likeness (QED) is 0.846. The van der Waals surface area contributed by atoms with E-state index in [9.17, 15) is 0 Å². The Morgan fingerprint density at radius 2 is 1.75 bits per heavy atom. The number of hydrogen-bond acceptors (Lipinski definition) is 3. The van der Waals surface area contributed by atoms with Gasteiger partial charge in [-0.1, -0.05) is 0 Å². The van der Waals surface area contributed by atoms with Crippen LogP contribution in [0.15, 0.2) is 18.3 Å². The molecule has 0 aliphatic heterocycles. The molecule has 0 fully saturated rings. The van der Waals surface area contributed by atoms with Crippen LogP contribution < -0.4 is 9.47 Å². The molecule has 20 heavy (non-hydrogen) atoms. The Labute approximate surface area is 119 Å². The van der Waals surface area contributed by atoms with E-state index in [0.29, 0.717) is 13.2 Å². The largest absolute Gasteiger partial charge is 0.490 e. The van der Waals surface area contributed by atoms with Crippen LogP contribution in [0.4, 0.5) is 0 Å². The van der Waals surface area contributed by atoms with E-state index in [1.807, 2.05) is 27.0 Å². The highest BCUT2D eigenvalue weighted by molar-refractivity contribution is 5.87. The molecule has 2 aromatic rings. The molecule has 0 aliphatic carbocycles. The number of hydrogen-bond donors (Lipinski definition) is 1. The van der Waals surface area contributed by atoms with Gasteiger partial charge in [0.25, 0.3) is 0 Å². The van der Waals surface area contributed by atoms with Crippen molar-refractivity contribution in [1.29, 1.82) is 0 Å². The van der Waals surface area contributed by atoms with Gasteiger partial charge in [0.05, 0.1) is 18.7 Å². The summed E-state index contributed by atoms with van der Waals surface area (Å²) in [4.78, 5) is 0. The highest BCUT2D eigenvalue weighted by atomic mass is 16.5. The maximum Gasteiger partial charge on any atom is 0.163 e. The molecule has 110 valence electrons. The first-order valence-corrected chi connectivity index (χ1v) is 7.19. The number of rotatable bonds is 7. The molecular weight excluding hydrogens is 254 g/mol. The lowest BCUT2D eigenvalue weighted by molar-refractivity contribution is 0.288. The van der Waals surface area contributed by atoms with E-state index in [-0.39, 0.29) is 6.61 Å². The van der Waals surface area contributed by atoms with E-state index in [1.54, 1.807) is 0 Å². The number of aryl methyl sites for hydroxylation is 2. The van der Waals surface area contributed by atoms with Crippen molar-refractivity contribution >= 4 is 10.9 Å². The van der Waals surface area contributed by atoms with Crippen LogP contribution in [0.25, 0.3) is 10.9 Å². The van der Waals surface area contributed by atoms with Gasteiger partial charge in [-0.2, -0.15) is 0 Å². The van der Waals surface area contributed by atoms with Gasteiger partial charge in [-0.05, 0) is 38.3 Å². The molecule has 4 heteroatoms. The van der Waals surface area contributed by atoms with Crippen LogP contribution in [-0.4, -0.2) is 29.5 Å². The molecule has 1 aromatic heterocycles. The normalized spacial score (nSPS) is 11.0. The van der Waals surface area contributed by atoms with Crippen molar-refractivity contribution in [3.8, 4) is 11.5 Å². The molecule has 1 heterocycles. The molecule has 0 saturated heterocycles. The monoisotopic (exact) mass is 277 g/mol. The number of fused-ring (bicyclic) bond motifs is 1. The summed E-state index contributed by atoms with van der Waals surface area (Å²) < 4.78 is 13.4. The first-order valence-electron chi connectivity index (χ1n) is 7.19. The Morgan fingerprint density at radius 3 is 2.35 bits per heavy atom. The summed E-state index contributed by atoms with van der Waals surface area (Å²) in [6.07, 6.45) is 3.76. The lowest BCUT2D eigenvalue weighted by Gasteiger charge is -2.12.